The van der Waals surface area contributed by atoms with Crippen molar-refractivity contribution in [3.05, 3.63) is 18.2 Å². The molecule has 7 nitrogen and oxygen atoms in total. The maximum absolute atomic E-state index is 11.0. The molecule has 0 fully saturated rings. The van der Waals surface area contributed by atoms with Crippen LogP contribution in [0.2, 0.25) is 0 Å². The molecule has 0 amide bonds. The van der Waals surface area contributed by atoms with E-state index < -0.39 is 25.8 Å². The summed E-state index contributed by atoms with van der Waals surface area (Å²) in [4.78, 5) is 43.9. The zero-order valence-electron chi connectivity index (χ0n) is 13.0. The second-order valence-electron chi connectivity index (χ2n) is 3.38. The van der Waals surface area contributed by atoms with Gasteiger partial charge in [-0.25, -0.2) is 0 Å². The van der Waals surface area contributed by atoms with E-state index in [2.05, 4.69) is 5.32 Å². The summed E-state index contributed by atoms with van der Waals surface area (Å²) in [5.41, 5.74) is 0.113. The SMILES string of the molecule is CC(=S)Nc1ccc(P(=O)([O-])[O-])c(P(=O)([O-])[O-])c1.[Na+].[Na+].[Na+].[Na+]. The quantitative estimate of drug-likeness (QED) is 0.301. The molecule has 0 bridgehead atoms. The van der Waals surface area contributed by atoms with E-state index in [9.17, 15) is 28.7 Å². The predicted octanol–water partition coefficient (Wildman–Crippen LogP) is -14.5. The molecular formula is C8H7NNa4O6P2S. The minimum Gasteiger partial charge on any atom is -0.807 e. The molecule has 0 aliphatic carbocycles. The van der Waals surface area contributed by atoms with E-state index in [1.807, 2.05) is 0 Å². The third kappa shape index (κ3) is 11.2. The molecule has 0 radical (unpaired) electrons. The van der Waals surface area contributed by atoms with Crippen LogP contribution >= 0.6 is 27.4 Å². The van der Waals surface area contributed by atoms with Gasteiger partial charge in [0.05, 0.1) is 4.99 Å². The monoisotopic (exact) mass is 399 g/mol. The van der Waals surface area contributed by atoms with Crippen molar-refractivity contribution >= 4 is 48.7 Å². The van der Waals surface area contributed by atoms with Gasteiger partial charge in [0, 0.05) is 5.69 Å². The van der Waals surface area contributed by atoms with Crippen LogP contribution in [0.1, 0.15) is 6.92 Å². The minimum atomic E-state index is -5.38. The largest absolute Gasteiger partial charge is 1.00 e. The Morgan fingerprint density at radius 1 is 0.955 bits per heavy atom. The number of rotatable bonds is 3. The average molecular weight is 399 g/mol. The minimum absolute atomic E-state index is 0. The number of thiocarbonyl (C=S) groups is 1. The van der Waals surface area contributed by atoms with Gasteiger partial charge in [0.1, 0.15) is 0 Å². The zero-order valence-corrected chi connectivity index (χ0v) is 23.6. The Labute approximate surface area is 222 Å². The molecule has 0 aliphatic heterocycles. The van der Waals surface area contributed by atoms with Gasteiger partial charge in [0.25, 0.3) is 0 Å². The molecule has 1 aromatic carbocycles. The van der Waals surface area contributed by atoms with Gasteiger partial charge < -0.3 is 34.0 Å². The first-order chi connectivity index (χ1) is 8.01. The summed E-state index contributed by atoms with van der Waals surface area (Å²) in [6.07, 6.45) is 0. The molecule has 0 atom stereocenters. The Morgan fingerprint density at radius 3 is 1.68 bits per heavy atom. The van der Waals surface area contributed by atoms with Crippen LogP contribution in [-0.2, 0) is 9.13 Å². The first-order valence-electron chi connectivity index (χ1n) is 4.48. The van der Waals surface area contributed by atoms with E-state index in [-0.39, 0.29) is 129 Å². The van der Waals surface area contributed by atoms with E-state index in [0.717, 1.165) is 18.2 Å². The van der Waals surface area contributed by atoms with E-state index >= 15 is 0 Å². The molecule has 0 saturated heterocycles. The fourth-order valence-electron chi connectivity index (χ4n) is 1.26. The van der Waals surface area contributed by atoms with Crippen molar-refractivity contribution in [3.8, 4) is 0 Å². The second-order valence-corrected chi connectivity index (χ2v) is 6.95. The standard InChI is InChI=1S/C8H11NO6P2S.4Na/c1-5(18)9-6-2-3-7(16(10,11)12)8(4-6)17(13,14)15;;;;/h2-4H,1H3,(H,9,18)(H2,10,11,12)(H2,13,14,15);;;;/q;4*+1/p-4. The molecule has 0 saturated carbocycles. The summed E-state index contributed by atoms with van der Waals surface area (Å²) in [7, 11) is -10.7. The van der Waals surface area contributed by atoms with Crippen molar-refractivity contribution in [1.82, 2.24) is 0 Å². The summed E-state index contributed by atoms with van der Waals surface area (Å²) >= 11 is 4.71. The van der Waals surface area contributed by atoms with Crippen molar-refractivity contribution in [3.63, 3.8) is 0 Å². The summed E-state index contributed by atoms with van der Waals surface area (Å²) in [6.45, 7) is 1.50. The van der Waals surface area contributed by atoms with E-state index in [4.69, 9.17) is 12.2 Å². The van der Waals surface area contributed by atoms with Crippen molar-refractivity contribution < 1.29 is 147 Å². The van der Waals surface area contributed by atoms with Crippen molar-refractivity contribution in [2.24, 2.45) is 0 Å². The van der Waals surface area contributed by atoms with Crippen LogP contribution < -0.4 is 154 Å². The van der Waals surface area contributed by atoms with Crippen LogP contribution in [0.3, 0.4) is 0 Å². The Kier molecular flexibility index (Phi) is 20.4. The van der Waals surface area contributed by atoms with Gasteiger partial charge in [0.15, 0.2) is 0 Å². The molecule has 0 aliphatic rings. The van der Waals surface area contributed by atoms with Crippen LogP contribution in [-0.4, -0.2) is 4.99 Å². The number of benzene rings is 1. The smallest absolute Gasteiger partial charge is 0.807 e. The topological polar surface area (TPSA) is 138 Å². The van der Waals surface area contributed by atoms with E-state index in [1.54, 1.807) is 0 Å². The number of hydrogen-bond donors (Lipinski definition) is 1. The normalized spacial score (nSPS) is 10.0. The molecule has 0 spiro atoms. The molecule has 1 aromatic rings. The van der Waals surface area contributed by atoms with Gasteiger partial charge in [-0.15, -0.1) is 0 Å². The molecule has 0 unspecified atom stereocenters. The van der Waals surface area contributed by atoms with E-state index in [1.165, 1.54) is 6.92 Å². The first kappa shape index (κ1) is 33.0. The maximum atomic E-state index is 11.0. The van der Waals surface area contributed by atoms with Gasteiger partial charge in [0.2, 0.25) is 0 Å². The summed E-state index contributed by atoms with van der Waals surface area (Å²) in [5.74, 6) is 0. The van der Waals surface area contributed by atoms with Crippen molar-refractivity contribution in [2.75, 3.05) is 5.32 Å². The van der Waals surface area contributed by atoms with Crippen LogP contribution in [0.15, 0.2) is 18.2 Å². The molecule has 0 heterocycles. The summed E-state index contributed by atoms with van der Waals surface area (Å²) < 4.78 is 21.8. The van der Waals surface area contributed by atoms with Gasteiger partial charge in [-0.05, 0) is 44.9 Å². The van der Waals surface area contributed by atoms with Crippen LogP contribution in [0.4, 0.5) is 5.69 Å². The molecule has 1 rings (SSSR count). The fourth-order valence-corrected chi connectivity index (χ4v) is 3.36. The third-order valence-corrected chi connectivity index (χ3v) is 4.10. The molecule has 14 heteroatoms. The molecule has 1 N–H and O–H groups in total. The van der Waals surface area contributed by atoms with E-state index in [0.29, 0.717) is 0 Å². The molecule has 22 heavy (non-hydrogen) atoms. The summed E-state index contributed by atoms with van der Waals surface area (Å²) in [5, 5.41) is 0.438. The van der Waals surface area contributed by atoms with Crippen LogP contribution in [0.25, 0.3) is 0 Å². The zero-order chi connectivity index (χ0) is 14.1. The fraction of sp³-hybridized carbons (Fsp3) is 0.125. The van der Waals surface area contributed by atoms with Crippen molar-refractivity contribution in [2.45, 2.75) is 6.92 Å². The second kappa shape index (κ2) is 13.6. The van der Waals surface area contributed by atoms with Crippen LogP contribution in [0.5, 0.6) is 0 Å². The molecule has 0 aromatic heterocycles. The Morgan fingerprint density at radius 2 is 1.36 bits per heavy atom. The number of anilines is 1. The molecule has 100 valence electrons. The van der Waals surface area contributed by atoms with Crippen molar-refractivity contribution in [1.29, 1.82) is 0 Å². The predicted molar refractivity (Wildman–Crippen MR) is 62.8 cm³/mol. The van der Waals surface area contributed by atoms with Gasteiger partial charge >= 0.3 is 118 Å². The average Bonchev–Trinajstić information content (AvgIpc) is 2.13. The maximum Gasteiger partial charge on any atom is 1.00 e. The number of nitrogens with one attached hydrogen (secondary N) is 1. The van der Waals surface area contributed by atoms with Gasteiger partial charge in [-0.2, -0.15) is 0 Å². The third-order valence-electron chi connectivity index (χ3n) is 1.89. The Balaban J connectivity index is -0.000000405. The van der Waals surface area contributed by atoms with Gasteiger partial charge in [-0.1, -0.05) is 18.3 Å². The molecular weight excluding hydrogens is 392 g/mol. The summed E-state index contributed by atoms with van der Waals surface area (Å²) in [6, 6.07) is 2.68. The van der Waals surface area contributed by atoms with Crippen LogP contribution in [0, 0.1) is 0 Å². The Hall–Kier alpha value is 3.41. The van der Waals surface area contributed by atoms with Gasteiger partial charge in [-0.3, -0.25) is 0 Å². The number of hydrogen-bond acceptors (Lipinski definition) is 7. The Bertz CT molecular complexity index is 592. The first-order valence-corrected chi connectivity index (χ1v) is 7.98.